The maximum atomic E-state index is 12.5. The van der Waals surface area contributed by atoms with Gasteiger partial charge in [0.15, 0.2) is 0 Å². The van der Waals surface area contributed by atoms with Gasteiger partial charge in [-0.2, -0.15) is 0 Å². The summed E-state index contributed by atoms with van der Waals surface area (Å²) in [6.45, 7) is 4.00. The molecule has 1 aromatic carbocycles. The van der Waals surface area contributed by atoms with Crippen LogP contribution in [0, 0.1) is 6.92 Å². The third kappa shape index (κ3) is 3.60. The van der Waals surface area contributed by atoms with Gasteiger partial charge in [0, 0.05) is 12.4 Å². The molecule has 21 heavy (non-hydrogen) atoms. The van der Waals surface area contributed by atoms with E-state index in [-0.39, 0.29) is 11.9 Å². The number of methoxy groups -OCH3 is 1. The van der Waals surface area contributed by atoms with E-state index in [1.807, 2.05) is 38.1 Å². The zero-order valence-electron chi connectivity index (χ0n) is 12.6. The van der Waals surface area contributed by atoms with E-state index < -0.39 is 0 Å². The van der Waals surface area contributed by atoms with Gasteiger partial charge >= 0.3 is 0 Å². The molecule has 1 N–H and O–H groups in total. The van der Waals surface area contributed by atoms with Crippen molar-refractivity contribution < 1.29 is 9.53 Å². The van der Waals surface area contributed by atoms with Crippen LogP contribution in [0.5, 0.6) is 5.75 Å². The second kappa shape index (κ2) is 6.88. The maximum absolute atomic E-state index is 12.5. The molecule has 0 spiro atoms. The first-order valence-electron chi connectivity index (χ1n) is 7.01. The summed E-state index contributed by atoms with van der Waals surface area (Å²) in [6, 6.07) is 9.34. The average molecular weight is 284 g/mol. The van der Waals surface area contributed by atoms with Crippen molar-refractivity contribution in [1.82, 2.24) is 10.3 Å². The van der Waals surface area contributed by atoms with E-state index in [1.54, 1.807) is 25.6 Å². The molecule has 1 aromatic heterocycles. The maximum Gasteiger partial charge on any atom is 0.255 e. The summed E-state index contributed by atoms with van der Waals surface area (Å²) >= 11 is 0. The molecule has 0 radical (unpaired) electrons. The Kier molecular flexibility index (Phi) is 4.93. The van der Waals surface area contributed by atoms with Gasteiger partial charge in [-0.3, -0.25) is 9.78 Å². The Labute approximate surface area is 125 Å². The zero-order chi connectivity index (χ0) is 15.2. The molecule has 0 saturated heterocycles. The molecule has 0 aliphatic heterocycles. The number of nitrogens with zero attached hydrogens (tertiary/aromatic N) is 1. The van der Waals surface area contributed by atoms with Crippen molar-refractivity contribution in [2.75, 3.05) is 7.11 Å². The predicted molar refractivity (Wildman–Crippen MR) is 82.5 cm³/mol. The SMILES string of the molecule is CC[C@@H](NC(=O)c1ccc(C)cc1OC)c1cccnc1. The fourth-order valence-electron chi connectivity index (χ4n) is 2.23. The Bertz CT molecular complexity index is 611. The van der Waals surface area contributed by atoms with E-state index in [0.717, 1.165) is 17.5 Å². The Morgan fingerprint density at radius 1 is 1.38 bits per heavy atom. The average Bonchev–Trinajstić information content (AvgIpc) is 2.53. The predicted octanol–water partition coefficient (Wildman–Crippen LogP) is 3.28. The van der Waals surface area contributed by atoms with Crippen molar-refractivity contribution in [3.8, 4) is 5.75 Å². The Morgan fingerprint density at radius 2 is 2.19 bits per heavy atom. The molecule has 0 aliphatic carbocycles. The highest BCUT2D eigenvalue weighted by Crippen LogP contribution is 2.22. The van der Waals surface area contributed by atoms with Gasteiger partial charge in [-0.25, -0.2) is 0 Å². The number of hydrogen-bond donors (Lipinski definition) is 1. The molecule has 1 heterocycles. The number of aryl methyl sites for hydroxylation is 1. The lowest BCUT2D eigenvalue weighted by molar-refractivity contribution is 0.0932. The van der Waals surface area contributed by atoms with Crippen molar-refractivity contribution in [2.45, 2.75) is 26.3 Å². The smallest absolute Gasteiger partial charge is 0.255 e. The van der Waals surface area contributed by atoms with E-state index in [9.17, 15) is 4.79 Å². The largest absolute Gasteiger partial charge is 0.496 e. The van der Waals surface area contributed by atoms with Gasteiger partial charge in [0.25, 0.3) is 5.91 Å². The quantitative estimate of drug-likeness (QED) is 0.916. The number of hydrogen-bond acceptors (Lipinski definition) is 3. The summed E-state index contributed by atoms with van der Waals surface area (Å²) in [5.74, 6) is 0.455. The normalized spacial score (nSPS) is 11.8. The summed E-state index contributed by atoms with van der Waals surface area (Å²) in [5, 5.41) is 3.03. The second-order valence-corrected chi connectivity index (χ2v) is 4.92. The summed E-state index contributed by atoms with van der Waals surface area (Å²) in [6.07, 6.45) is 4.30. The number of aromatic nitrogens is 1. The third-order valence-corrected chi connectivity index (χ3v) is 3.40. The molecule has 1 amide bonds. The van der Waals surface area contributed by atoms with E-state index in [2.05, 4.69) is 10.3 Å². The zero-order valence-corrected chi connectivity index (χ0v) is 12.6. The number of carbonyl (C=O) groups excluding carboxylic acids is 1. The van der Waals surface area contributed by atoms with E-state index >= 15 is 0 Å². The first-order valence-corrected chi connectivity index (χ1v) is 7.01. The molecule has 110 valence electrons. The number of ether oxygens (including phenoxy) is 1. The minimum Gasteiger partial charge on any atom is -0.496 e. The highest BCUT2D eigenvalue weighted by atomic mass is 16.5. The van der Waals surface area contributed by atoms with Crippen LogP contribution in [0.2, 0.25) is 0 Å². The lowest BCUT2D eigenvalue weighted by Crippen LogP contribution is -2.28. The standard InChI is InChI=1S/C17H20N2O2/c1-4-15(13-6-5-9-18-11-13)19-17(20)14-8-7-12(2)10-16(14)21-3/h5-11,15H,4H2,1-3H3,(H,19,20)/t15-/m1/s1. The molecule has 4 nitrogen and oxygen atoms in total. The fourth-order valence-corrected chi connectivity index (χ4v) is 2.23. The molecule has 0 aliphatic rings. The van der Waals surface area contributed by atoms with Crippen molar-refractivity contribution >= 4 is 5.91 Å². The number of amides is 1. The minimum absolute atomic E-state index is 0.0581. The minimum atomic E-state index is -0.137. The van der Waals surface area contributed by atoms with Crippen LogP contribution < -0.4 is 10.1 Å². The molecule has 2 rings (SSSR count). The molecule has 4 heteroatoms. The second-order valence-electron chi connectivity index (χ2n) is 4.92. The summed E-state index contributed by atoms with van der Waals surface area (Å²) < 4.78 is 5.30. The van der Waals surface area contributed by atoms with Crippen LogP contribution in [-0.4, -0.2) is 18.0 Å². The van der Waals surface area contributed by atoms with Crippen LogP contribution in [0.4, 0.5) is 0 Å². The molecular weight excluding hydrogens is 264 g/mol. The van der Waals surface area contributed by atoms with Crippen LogP contribution in [0.15, 0.2) is 42.7 Å². The molecule has 0 saturated carbocycles. The van der Waals surface area contributed by atoms with Gasteiger partial charge in [0.05, 0.1) is 18.7 Å². The van der Waals surface area contributed by atoms with Gasteiger partial charge in [0.1, 0.15) is 5.75 Å². The first kappa shape index (κ1) is 15.0. The van der Waals surface area contributed by atoms with E-state index in [0.29, 0.717) is 11.3 Å². The van der Waals surface area contributed by atoms with Gasteiger partial charge in [-0.05, 0) is 42.7 Å². The van der Waals surface area contributed by atoms with Crippen LogP contribution in [-0.2, 0) is 0 Å². The van der Waals surface area contributed by atoms with Crippen molar-refractivity contribution in [3.63, 3.8) is 0 Å². The molecule has 1 atom stereocenters. The number of benzene rings is 1. The molecule has 2 aromatic rings. The van der Waals surface area contributed by atoms with Gasteiger partial charge in [-0.1, -0.05) is 19.1 Å². The van der Waals surface area contributed by atoms with Gasteiger partial charge < -0.3 is 10.1 Å². The topological polar surface area (TPSA) is 51.2 Å². The van der Waals surface area contributed by atoms with Crippen LogP contribution in [0.3, 0.4) is 0 Å². The number of carbonyl (C=O) groups is 1. The number of rotatable bonds is 5. The lowest BCUT2D eigenvalue weighted by atomic mass is 10.1. The highest BCUT2D eigenvalue weighted by molar-refractivity contribution is 5.97. The van der Waals surface area contributed by atoms with Gasteiger partial charge in [0.2, 0.25) is 0 Å². The third-order valence-electron chi connectivity index (χ3n) is 3.40. The number of pyridine rings is 1. The Balaban J connectivity index is 2.21. The molecular formula is C17H20N2O2. The van der Waals surface area contributed by atoms with Crippen LogP contribution in [0.1, 0.15) is 40.9 Å². The molecule has 0 bridgehead atoms. The molecule has 0 fully saturated rings. The summed E-state index contributed by atoms with van der Waals surface area (Å²) in [7, 11) is 1.57. The fraction of sp³-hybridized carbons (Fsp3) is 0.294. The Hall–Kier alpha value is -2.36. The monoisotopic (exact) mass is 284 g/mol. The highest BCUT2D eigenvalue weighted by Gasteiger charge is 2.17. The van der Waals surface area contributed by atoms with Gasteiger partial charge in [-0.15, -0.1) is 0 Å². The lowest BCUT2D eigenvalue weighted by Gasteiger charge is -2.18. The summed E-state index contributed by atoms with van der Waals surface area (Å²) in [4.78, 5) is 16.6. The van der Waals surface area contributed by atoms with E-state index in [1.165, 1.54) is 0 Å². The van der Waals surface area contributed by atoms with Crippen molar-refractivity contribution in [1.29, 1.82) is 0 Å². The summed E-state index contributed by atoms with van der Waals surface area (Å²) in [5.41, 5.74) is 2.60. The molecule has 0 unspecified atom stereocenters. The van der Waals surface area contributed by atoms with Crippen LogP contribution >= 0.6 is 0 Å². The van der Waals surface area contributed by atoms with E-state index in [4.69, 9.17) is 4.74 Å². The van der Waals surface area contributed by atoms with Crippen molar-refractivity contribution in [2.24, 2.45) is 0 Å². The first-order chi connectivity index (χ1) is 10.2. The van der Waals surface area contributed by atoms with Crippen molar-refractivity contribution in [3.05, 3.63) is 59.4 Å². The number of nitrogens with one attached hydrogen (secondary N) is 1. The van der Waals surface area contributed by atoms with Crippen LogP contribution in [0.25, 0.3) is 0 Å². The Morgan fingerprint density at radius 3 is 2.81 bits per heavy atom.